The molecule has 2 heterocycles. The van der Waals surface area contributed by atoms with Gasteiger partial charge < -0.3 is 15.4 Å². The first-order chi connectivity index (χ1) is 6.74. The lowest BCUT2D eigenvalue weighted by atomic mass is 10.2. The van der Waals surface area contributed by atoms with E-state index in [0.29, 0.717) is 0 Å². The minimum atomic E-state index is -0.604. The smallest absolute Gasteiger partial charge is 0.106 e. The van der Waals surface area contributed by atoms with Gasteiger partial charge in [-0.05, 0) is 12.1 Å². The molecule has 4 heteroatoms. The van der Waals surface area contributed by atoms with E-state index < -0.39 is 6.10 Å². The fraction of sp³-hybridized carbons (Fsp3) is 0.300. The Bertz CT molecular complexity index is 450. The largest absolute Gasteiger partial charge is 0.386 e. The molecule has 1 atom stereocenters. The van der Waals surface area contributed by atoms with E-state index in [1.54, 1.807) is 12.4 Å². The van der Waals surface area contributed by atoms with Crippen molar-refractivity contribution in [2.45, 2.75) is 6.10 Å². The molecule has 0 aliphatic rings. The number of aromatic nitrogens is 2. The van der Waals surface area contributed by atoms with Gasteiger partial charge in [-0.25, -0.2) is 0 Å². The zero-order valence-electron chi connectivity index (χ0n) is 8.01. The molecule has 0 saturated heterocycles. The topological polar surface area (TPSA) is 64.1 Å². The Kier molecular flexibility index (Phi) is 2.23. The molecule has 0 radical (unpaired) electrons. The number of fused-ring (bicyclic) bond motifs is 1. The van der Waals surface area contributed by atoms with Crippen molar-refractivity contribution in [2.24, 2.45) is 12.8 Å². The normalized spacial score (nSPS) is 13.4. The predicted molar refractivity (Wildman–Crippen MR) is 54.7 cm³/mol. The van der Waals surface area contributed by atoms with Gasteiger partial charge in [0, 0.05) is 30.9 Å². The van der Waals surface area contributed by atoms with Gasteiger partial charge in [0.05, 0.1) is 11.7 Å². The van der Waals surface area contributed by atoms with Gasteiger partial charge in [-0.3, -0.25) is 4.98 Å². The summed E-state index contributed by atoms with van der Waals surface area (Å²) in [4.78, 5) is 4.04. The third kappa shape index (κ3) is 1.29. The monoisotopic (exact) mass is 191 g/mol. The van der Waals surface area contributed by atoms with Gasteiger partial charge in [0.25, 0.3) is 0 Å². The Morgan fingerprint density at radius 3 is 3.07 bits per heavy atom. The van der Waals surface area contributed by atoms with E-state index in [4.69, 9.17) is 5.73 Å². The molecule has 0 aromatic carbocycles. The van der Waals surface area contributed by atoms with Crippen molar-refractivity contribution in [3.05, 3.63) is 30.2 Å². The molecule has 2 rings (SSSR count). The first-order valence-corrected chi connectivity index (χ1v) is 4.51. The fourth-order valence-electron chi connectivity index (χ4n) is 1.63. The summed E-state index contributed by atoms with van der Waals surface area (Å²) < 4.78 is 1.92. The van der Waals surface area contributed by atoms with E-state index in [0.717, 1.165) is 16.6 Å². The lowest BCUT2D eigenvalue weighted by Gasteiger charge is -2.08. The molecule has 4 nitrogen and oxygen atoms in total. The van der Waals surface area contributed by atoms with Crippen LogP contribution in [0.4, 0.5) is 0 Å². The average molecular weight is 191 g/mol. The molecule has 0 spiro atoms. The zero-order chi connectivity index (χ0) is 10.1. The third-order valence-electron chi connectivity index (χ3n) is 2.45. The second-order valence-corrected chi connectivity index (χ2v) is 3.31. The first-order valence-electron chi connectivity index (χ1n) is 4.51. The summed E-state index contributed by atoms with van der Waals surface area (Å²) in [5.41, 5.74) is 7.25. The predicted octanol–water partition coefficient (Wildman–Crippen LogP) is 0.565. The molecular weight excluding hydrogens is 178 g/mol. The minimum absolute atomic E-state index is 0.234. The van der Waals surface area contributed by atoms with Crippen LogP contribution in [-0.4, -0.2) is 21.2 Å². The van der Waals surface area contributed by atoms with E-state index in [1.807, 2.05) is 23.7 Å². The van der Waals surface area contributed by atoms with Crippen LogP contribution in [0.5, 0.6) is 0 Å². The summed E-state index contributed by atoms with van der Waals surface area (Å²) in [6, 6.07) is 3.86. The quantitative estimate of drug-likeness (QED) is 0.729. The van der Waals surface area contributed by atoms with Gasteiger partial charge in [0.2, 0.25) is 0 Å². The van der Waals surface area contributed by atoms with Gasteiger partial charge in [-0.2, -0.15) is 0 Å². The summed E-state index contributed by atoms with van der Waals surface area (Å²) in [7, 11) is 1.90. The lowest BCUT2D eigenvalue weighted by molar-refractivity contribution is 0.179. The fourth-order valence-corrected chi connectivity index (χ4v) is 1.63. The number of aliphatic hydroxyl groups is 1. The molecule has 0 bridgehead atoms. The number of aryl methyl sites for hydroxylation is 1. The van der Waals surface area contributed by atoms with Crippen molar-refractivity contribution in [3.8, 4) is 0 Å². The molecule has 0 amide bonds. The minimum Gasteiger partial charge on any atom is -0.386 e. The number of hydrogen-bond acceptors (Lipinski definition) is 3. The molecule has 74 valence electrons. The van der Waals surface area contributed by atoms with Crippen molar-refractivity contribution >= 4 is 10.9 Å². The van der Waals surface area contributed by atoms with Crippen LogP contribution in [0.3, 0.4) is 0 Å². The number of hydrogen-bond donors (Lipinski definition) is 2. The highest BCUT2D eigenvalue weighted by Crippen LogP contribution is 2.21. The van der Waals surface area contributed by atoms with E-state index in [2.05, 4.69) is 4.98 Å². The molecule has 14 heavy (non-hydrogen) atoms. The van der Waals surface area contributed by atoms with Crippen LogP contribution >= 0.6 is 0 Å². The number of pyridine rings is 1. The highest BCUT2D eigenvalue weighted by atomic mass is 16.3. The molecule has 2 aromatic rings. The van der Waals surface area contributed by atoms with Gasteiger partial charge in [0.1, 0.15) is 6.10 Å². The number of nitrogens with zero attached hydrogens (tertiary/aromatic N) is 2. The summed E-state index contributed by atoms with van der Waals surface area (Å²) in [5, 5.41) is 10.7. The Balaban J connectivity index is 2.62. The van der Waals surface area contributed by atoms with Gasteiger partial charge in [-0.15, -0.1) is 0 Å². The van der Waals surface area contributed by atoms with Gasteiger partial charge in [0.15, 0.2) is 0 Å². The van der Waals surface area contributed by atoms with Crippen molar-refractivity contribution in [2.75, 3.05) is 6.54 Å². The van der Waals surface area contributed by atoms with E-state index in [-0.39, 0.29) is 6.54 Å². The van der Waals surface area contributed by atoms with Crippen LogP contribution in [0.15, 0.2) is 24.5 Å². The number of aliphatic hydroxyl groups excluding tert-OH is 1. The standard InChI is InChI=1S/C10H13N3O/c1-13-8(10(14)5-11)4-7-2-3-12-6-9(7)13/h2-4,6,10,14H,5,11H2,1H3. The number of nitrogens with two attached hydrogens (primary N) is 1. The third-order valence-corrected chi connectivity index (χ3v) is 2.45. The zero-order valence-corrected chi connectivity index (χ0v) is 8.01. The molecule has 2 aromatic heterocycles. The highest BCUT2D eigenvalue weighted by Gasteiger charge is 2.11. The average Bonchev–Trinajstić information content (AvgIpc) is 2.56. The Morgan fingerprint density at radius 2 is 2.43 bits per heavy atom. The highest BCUT2D eigenvalue weighted by molar-refractivity contribution is 5.80. The first kappa shape index (κ1) is 9.18. The SMILES string of the molecule is Cn1c(C(O)CN)cc2ccncc21. The van der Waals surface area contributed by atoms with Gasteiger partial charge >= 0.3 is 0 Å². The van der Waals surface area contributed by atoms with Crippen LogP contribution in [0.25, 0.3) is 10.9 Å². The second kappa shape index (κ2) is 3.40. The van der Waals surface area contributed by atoms with Crippen LogP contribution in [-0.2, 0) is 7.05 Å². The van der Waals surface area contributed by atoms with Crippen molar-refractivity contribution < 1.29 is 5.11 Å². The molecule has 1 unspecified atom stereocenters. The maximum Gasteiger partial charge on any atom is 0.106 e. The van der Waals surface area contributed by atoms with Crippen molar-refractivity contribution in [1.82, 2.24) is 9.55 Å². The van der Waals surface area contributed by atoms with Crippen LogP contribution < -0.4 is 5.73 Å². The Hall–Kier alpha value is -1.39. The molecular formula is C10H13N3O. The Morgan fingerprint density at radius 1 is 1.64 bits per heavy atom. The molecule has 0 fully saturated rings. The molecule has 0 aliphatic heterocycles. The lowest BCUT2D eigenvalue weighted by Crippen LogP contribution is -2.14. The maximum atomic E-state index is 9.64. The molecule has 0 saturated carbocycles. The molecule has 0 aliphatic carbocycles. The van der Waals surface area contributed by atoms with E-state index in [9.17, 15) is 5.11 Å². The van der Waals surface area contributed by atoms with Gasteiger partial charge in [-0.1, -0.05) is 0 Å². The van der Waals surface area contributed by atoms with Crippen LogP contribution in [0, 0.1) is 0 Å². The summed E-state index contributed by atoms with van der Waals surface area (Å²) in [5.74, 6) is 0. The van der Waals surface area contributed by atoms with Crippen molar-refractivity contribution in [1.29, 1.82) is 0 Å². The summed E-state index contributed by atoms with van der Waals surface area (Å²) in [6.45, 7) is 0.234. The van der Waals surface area contributed by atoms with E-state index in [1.165, 1.54) is 0 Å². The Labute approximate surface area is 82.0 Å². The summed E-state index contributed by atoms with van der Waals surface area (Å²) >= 11 is 0. The maximum absolute atomic E-state index is 9.64. The molecule has 3 N–H and O–H groups in total. The summed E-state index contributed by atoms with van der Waals surface area (Å²) in [6.07, 6.45) is 2.91. The van der Waals surface area contributed by atoms with Crippen LogP contribution in [0.1, 0.15) is 11.8 Å². The number of rotatable bonds is 2. The van der Waals surface area contributed by atoms with Crippen LogP contribution in [0.2, 0.25) is 0 Å². The second-order valence-electron chi connectivity index (χ2n) is 3.31. The van der Waals surface area contributed by atoms with E-state index >= 15 is 0 Å². The van der Waals surface area contributed by atoms with Crippen molar-refractivity contribution in [3.63, 3.8) is 0 Å².